The van der Waals surface area contributed by atoms with Crippen molar-refractivity contribution in [2.75, 3.05) is 19.6 Å². The van der Waals surface area contributed by atoms with E-state index in [0.29, 0.717) is 9.87 Å². The van der Waals surface area contributed by atoms with Crippen LogP contribution in [0.25, 0.3) is 0 Å². The standard InChI is InChI=1S/C24H36BIN5O3/c26-22(25-16-4-7-27-8-5-16)14-2-1-3-18(10-14)31-9-6-15-13-28-24(30-23(15)31)29-17-11-19(32)21(34)20(33)12-17/h11,13-14,16-18,22,24,27,29-30,32-34H,1-10,12H2/t14?,17?,18?,22-,24?/m1/s1. The number of aliphatic hydroxyl groups is 3. The van der Waals surface area contributed by atoms with E-state index in [1.54, 1.807) is 0 Å². The third kappa shape index (κ3) is 5.38. The van der Waals surface area contributed by atoms with Crippen LogP contribution >= 0.6 is 22.6 Å². The molecule has 2 aliphatic carbocycles. The molecule has 2 fully saturated rings. The highest BCUT2D eigenvalue weighted by molar-refractivity contribution is 14.1. The van der Waals surface area contributed by atoms with Gasteiger partial charge in [0, 0.05) is 36.8 Å². The predicted octanol–water partition coefficient (Wildman–Crippen LogP) is 3.19. The topological polar surface area (TPSA) is 112 Å². The van der Waals surface area contributed by atoms with Crippen LogP contribution in [0.15, 0.2) is 39.7 Å². The van der Waals surface area contributed by atoms with Gasteiger partial charge in [-0.25, -0.2) is 0 Å². The lowest BCUT2D eigenvalue weighted by atomic mass is 9.54. The van der Waals surface area contributed by atoms with Gasteiger partial charge >= 0.3 is 0 Å². The summed E-state index contributed by atoms with van der Waals surface area (Å²) in [6.07, 6.45) is 12.0. The molecule has 5 aliphatic rings. The van der Waals surface area contributed by atoms with E-state index in [0.717, 1.165) is 37.8 Å². The third-order valence-corrected chi connectivity index (χ3v) is 9.38. The number of aliphatic hydroxyl groups excluding tert-OH is 3. The van der Waals surface area contributed by atoms with Crippen molar-refractivity contribution in [2.45, 2.75) is 79.4 Å². The quantitative estimate of drug-likeness (QED) is 0.163. The minimum atomic E-state index is -0.442. The molecule has 3 aliphatic heterocycles. The number of nitrogens with zero attached hydrogens (tertiary/aromatic N) is 2. The highest BCUT2D eigenvalue weighted by atomic mass is 127. The minimum Gasteiger partial charge on any atom is -0.508 e. The molecular weight excluding hydrogens is 544 g/mol. The van der Waals surface area contributed by atoms with E-state index in [-0.39, 0.29) is 30.3 Å². The van der Waals surface area contributed by atoms with Crippen molar-refractivity contribution < 1.29 is 15.3 Å². The van der Waals surface area contributed by atoms with E-state index in [1.165, 1.54) is 56.0 Å². The zero-order valence-electron chi connectivity index (χ0n) is 19.6. The van der Waals surface area contributed by atoms with Crippen LogP contribution in [0.2, 0.25) is 5.82 Å². The fraction of sp³-hybridized carbons (Fsp3) is 0.708. The smallest absolute Gasteiger partial charge is 0.195 e. The van der Waals surface area contributed by atoms with Crippen molar-refractivity contribution in [1.82, 2.24) is 20.9 Å². The van der Waals surface area contributed by atoms with E-state index < -0.39 is 5.76 Å². The summed E-state index contributed by atoms with van der Waals surface area (Å²) in [5.74, 6) is 1.73. The van der Waals surface area contributed by atoms with Crippen LogP contribution in [0.3, 0.4) is 0 Å². The Balaban J connectivity index is 1.18. The van der Waals surface area contributed by atoms with E-state index in [2.05, 4.69) is 55.7 Å². The summed E-state index contributed by atoms with van der Waals surface area (Å²) < 4.78 is 0.637. The van der Waals surface area contributed by atoms with Crippen molar-refractivity contribution >= 4 is 36.1 Å². The second-order valence-electron chi connectivity index (χ2n) is 10.3. The van der Waals surface area contributed by atoms with Gasteiger partial charge in [0.15, 0.2) is 17.8 Å². The molecule has 6 N–H and O–H groups in total. The Morgan fingerprint density at radius 2 is 2.00 bits per heavy atom. The van der Waals surface area contributed by atoms with Gasteiger partial charge in [0.2, 0.25) is 0 Å². The van der Waals surface area contributed by atoms with Gasteiger partial charge in [0.25, 0.3) is 0 Å². The maximum atomic E-state index is 9.89. The molecule has 5 atom stereocenters. The fourth-order valence-electron chi connectivity index (χ4n) is 6.06. The van der Waals surface area contributed by atoms with Gasteiger partial charge in [0.05, 0.1) is 0 Å². The summed E-state index contributed by atoms with van der Waals surface area (Å²) in [6.45, 7) is 3.33. The fourth-order valence-corrected chi connectivity index (χ4v) is 7.30. The molecule has 1 saturated carbocycles. The average molecular weight is 580 g/mol. The first-order valence-corrected chi connectivity index (χ1v) is 14.0. The number of hydrogen-bond donors (Lipinski definition) is 6. The van der Waals surface area contributed by atoms with Crippen LogP contribution < -0.4 is 16.0 Å². The molecule has 4 unspecified atom stereocenters. The third-order valence-electron chi connectivity index (χ3n) is 7.94. The molecule has 185 valence electrons. The molecular formula is C24H36BIN5O3. The lowest BCUT2D eigenvalue weighted by molar-refractivity contribution is 0.168. The number of rotatable bonds is 6. The van der Waals surface area contributed by atoms with Gasteiger partial charge in [-0.15, -0.1) is 0 Å². The van der Waals surface area contributed by atoms with Gasteiger partial charge in [-0.2, -0.15) is 0 Å². The number of alkyl halides is 1. The molecule has 1 saturated heterocycles. The monoisotopic (exact) mass is 580 g/mol. The first-order valence-electron chi connectivity index (χ1n) is 12.8. The Labute approximate surface area is 216 Å². The Morgan fingerprint density at radius 1 is 1.18 bits per heavy atom. The normalized spacial score (nSPS) is 33.4. The zero-order chi connectivity index (χ0) is 23.7. The summed E-state index contributed by atoms with van der Waals surface area (Å²) in [6, 6.07) is 0.235. The van der Waals surface area contributed by atoms with Crippen LogP contribution in [-0.4, -0.2) is 75.5 Å². The molecule has 10 heteroatoms. The molecule has 0 bridgehead atoms. The summed E-state index contributed by atoms with van der Waals surface area (Å²) >= 11 is 2.69. The van der Waals surface area contributed by atoms with Crippen molar-refractivity contribution in [3.63, 3.8) is 0 Å². The maximum absolute atomic E-state index is 9.89. The molecule has 0 aromatic carbocycles. The molecule has 5 rings (SSSR count). The second kappa shape index (κ2) is 10.7. The van der Waals surface area contributed by atoms with Crippen LogP contribution in [0.5, 0.6) is 0 Å². The van der Waals surface area contributed by atoms with Crippen LogP contribution in [0.1, 0.15) is 51.4 Å². The summed E-state index contributed by atoms with van der Waals surface area (Å²) in [4.78, 5) is 7.17. The van der Waals surface area contributed by atoms with Crippen molar-refractivity contribution in [2.24, 2.45) is 10.9 Å². The van der Waals surface area contributed by atoms with Crippen molar-refractivity contribution in [3.8, 4) is 0 Å². The predicted molar refractivity (Wildman–Crippen MR) is 143 cm³/mol. The molecule has 34 heavy (non-hydrogen) atoms. The van der Waals surface area contributed by atoms with Gasteiger partial charge in [-0.3, -0.25) is 10.3 Å². The summed E-state index contributed by atoms with van der Waals surface area (Å²) in [7, 11) is 2.64. The highest BCUT2D eigenvalue weighted by Gasteiger charge is 2.37. The number of aliphatic imine (C=N–C) groups is 1. The SMILES string of the molecule is OC1=CC(NC2N=CC3=C(N2)N(C2CCCC([C@@H](I)[B]C4CCNCC4)C2)CC3)CC(O)=C1O. The Kier molecular flexibility index (Phi) is 7.65. The molecule has 0 amide bonds. The first-order chi connectivity index (χ1) is 16.5. The lowest BCUT2D eigenvalue weighted by Gasteiger charge is -2.41. The van der Waals surface area contributed by atoms with E-state index in [4.69, 9.17) is 0 Å². The maximum Gasteiger partial charge on any atom is 0.195 e. The molecule has 1 radical (unpaired) electrons. The van der Waals surface area contributed by atoms with Gasteiger partial charge in [0.1, 0.15) is 18.9 Å². The minimum absolute atomic E-state index is 0.206. The van der Waals surface area contributed by atoms with Gasteiger partial charge in [-0.1, -0.05) is 34.8 Å². The van der Waals surface area contributed by atoms with Crippen LogP contribution in [-0.2, 0) is 0 Å². The van der Waals surface area contributed by atoms with Crippen molar-refractivity contribution in [1.29, 1.82) is 0 Å². The first kappa shape index (κ1) is 24.3. The number of halogens is 1. The van der Waals surface area contributed by atoms with Crippen LogP contribution in [0.4, 0.5) is 0 Å². The zero-order valence-corrected chi connectivity index (χ0v) is 21.7. The van der Waals surface area contributed by atoms with E-state index in [9.17, 15) is 15.3 Å². The van der Waals surface area contributed by atoms with Crippen LogP contribution in [0, 0.1) is 5.92 Å². The lowest BCUT2D eigenvalue weighted by Crippen LogP contribution is -2.51. The largest absolute Gasteiger partial charge is 0.508 e. The van der Waals surface area contributed by atoms with Gasteiger partial charge in [-0.05, 0) is 67.4 Å². The van der Waals surface area contributed by atoms with Crippen molar-refractivity contribution in [3.05, 3.63) is 34.7 Å². The van der Waals surface area contributed by atoms with E-state index in [1.807, 2.05) is 6.21 Å². The number of piperidine rings is 1. The summed E-state index contributed by atoms with van der Waals surface area (Å²) in [5, 5.41) is 39.8. The molecule has 8 nitrogen and oxygen atoms in total. The Bertz CT molecular complexity index is 888. The second-order valence-corrected chi connectivity index (χ2v) is 11.7. The molecule has 0 aromatic rings. The molecule has 3 heterocycles. The number of nitrogens with one attached hydrogen (secondary N) is 3. The highest BCUT2D eigenvalue weighted by Crippen LogP contribution is 2.38. The molecule has 0 spiro atoms. The number of hydrogen-bond acceptors (Lipinski definition) is 8. The average Bonchev–Trinajstić information content (AvgIpc) is 3.26. The summed E-state index contributed by atoms with van der Waals surface area (Å²) in [5.41, 5.74) is 1.26. The Morgan fingerprint density at radius 3 is 2.79 bits per heavy atom. The molecule has 0 aromatic heterocycles. The van der Waals surface area contributed by atoms with E-state index >= 15 is 0 Å². The van der Waals surface area contributed by atoms with Gasteiger partial charge < -0.3 is 30.9 Å². The Hall–Kier alpha value is -1.40.